The summed E-state index contributed by atoms with van der Waals surface area (Å²) in [6.45, 7) is 3.85. The van der Waals surface area contributed by atoms with Crippen LogP contribution >= 0.6 is 0 Å². The van der Waals surface area contributed by atoms with Crippen LogP contribution in [0.25, 0.3) is 11.1 Å². The number of alkyl carbamates (subject to hydrolysis) is 1. The van der Waals surface area contributed by atoms with E-state index in [0.29, 0.717) is 6.42 Å². The van der Waals surface area contributed by atoms with E-state index in [0.717, 1.165) is 35.1 Å². The second kappa shape index (κ2) is 11.0. The second-order valence-corrected chi connectivity index (χ2v) is 8.38. The number of nitrogens with one attached hydrogen (secondary N) is 1. The second-order valence-electron chi connectivity index (χ2n) is 8.38. The Bertz CT molecular complexity index is 960. The molecule has 0 saturated heterocycles. The zero-order valence-corrected chi connectivity index (χ0v) is 19.4. The molecule has 2 atom stereocenters. The van der Waals surface area contributed by atoms with Crippen molar-refractivity contribution in [3.63, 3.8) is 0 Å². The summed E-state index contributed by atoms with van der Waals surface area (Å²) in [5.74, 6) is -1.57. The van der Waals surface area contributed by atoms with Gasteiger partial charge in [-0.2, -0.15) is 0 Å². The molecule has 0 aliphatic heterocycles. The van der Waals surface area contributed by atoms with Crippen LogP contribution in [0, 0.1) is 0 Å². The molecule has 2 amide bonds. The highest BCUT2D eigenvalue weighted by Gasteiger charge is 2.32. The Morgan fingerprint density at radius 1 is 1.03 bits per heavy atom. The third-order valence-electron chi connectivity index (χ3n) is 6.27. The first-order valence-electron chi connectivity index (χ1n) is 11.5. The maximum absolute atomic E-state index is 13.0. The van der Waals surface area contributed by atoms with Crippen molar-refractivity contribution in [3.05, 3.63) is 59.7 Å². The fourth-order valence-corrected chi connectivity index (χ4v) is 4.46. The molecule has 1 unspecified atom stereocenters. The summed E-state index contributed by atoms with van der Waals surface area (Å²) >= 11 is 0. The van der Waals surface area contributed by atoms with Crippen molar-refractivity contribution < 1.29 is 24.2 Å². The average Bonchev–Trinajstić information content (AvgIpc) is 3.13. The Morgan fingerprint density at radius 2 is 1.61 bits per heavy atom. The van der Waals surface area contributed by atoms with Gasteiger partial charge in [-0.1, -0.05) is 75.2 Å². The highest BCUT2D eigenvalue weighted by molar-refractivity contribution is 5.89. The summed E-state index contributed by atoms with van der Waals surface area (Å²) < 4.78 is 5.58. The fourth-order valence-electron chi connectivity index (χ4n) is 4.46. The predicted molar refractivity (Wildman–Crippen MR) is 126 cm³/mol. The summed E-state index contributed by atoms with van der Waals surface area (Å²) in [6.07, 6.45) is 1.58. The lowest BCUT2D eigenvalue weighted by Gasteiger charge is -2.28. The van der Waals surface area contributed by atoms with E-state index in [9.17, 15) is 19.5 Å². The van der Waals surface area contributed by atoms with Crippen molar-refractivity contribution in [1.29, 1.82) is 0 Å². The van der Waals surface area contributed by atoms with Gasteiger partial charge in [-0.05, 0) is 35.1 Å². The van der Waals surface area contributed by atoms with Gasteiger partial charge in [0.05, 0.1) is 0 Å². The van der Waals surface area contributed by atoms with Crippen molar-refractivity contribution in [2.45, 2.75) is 57.5 Å². The molecule has 1 aliphatic rings. The van der Waals surface area contributed by atoms with Gasteiger partial charge in [0.25, 0.3) is 0 Å². The normalized spacial score (nSPS) is 14.0. The number of hydrogen-bond acceptors (Lipinski definition) is 4. The number of hydrogen-bond donors (Lipinski definition) is 2. The fraction of sp³-hybridized carbons (Fsp3) is 0.423. The maximum atomic E-state index is 13.0. The number of carboxylic acid groups (broad SMARTS) is 1. The molecule has 1 aliphatic carbocycles. The van der Waals surface area contributed by atoms with Crippen LogP contribution in [0.3, 0.4) is 0 Å². The molecule has 7 heteroatoms. The minimum Gasteiger partial charge on any atom is -0.480 e. The summed E-state index contributed by atoms with van der Waals surface area (Å²) in [5, 5.41) is 12.1. The number of carbonyl (C=O) groups is 3. The van der Waals surface area contributed by atoms with E-state index in [4.69, 9.17) is 4.74 Å². The number of aliphatic carboxylic acids is 1. The molecular formula is C26H32N2O5. The SMILES string of the molecule is CCCC[C@H](NC(=O)OCC1c2ccccc2-c2ccccc21)C(=O)N(C)C(CC)C(=O)O. The maximum Gasteiger partial charge on any atom is 0.407 e. The van der Waals surface area contributed by atoms with E-state index in [-0.39, 0.29) is 18.9 Å². The van der Waals surface area contributed by atoms with Crippen molar-refractivity contribution >= 4 is 18.0 Å². The minimum absolute atomic E-state index is 0.0768. The molecule has 3 rings (SSSR count). The molecule has 7 nitrogen and oxygen atoms in total. The van der Waals surface area contributed by atoms with E-state index in [1.54, 1.807) is 6.92 Å². The average molecular weight is 453 g/mol. The van der Waals surface area contributed by atoms with Crippen molar-refractivity contribution in [2.24, 2.45) is 0 Å². The topological polar surface area (TPSA) is 95.9 Å². The zero-order valence-electron chi connectivity index (χ0n) is 19.4. The van der Waals surface area contributed by atoms with Gasteiger partial charge in [0, 0.05) is 13.0 Å². The Hall–Kier alpha value is -3.35. The molecule has 2 aromatic rings. The third kappa shape index (κ3) is 5.35. The van der Waals surface area contributed by atoms with Gasteiger partial charge in [-0.3, -0.25) is 4.79 Å². The summed E-state index contributed by atoms with van der Waals surface area (Å²) in [4.78, 5) is 38.3. The third-order valence-corrected chi connectivity index (χ3v) is 6.27. The monoisotopic (exact) mass is 452 g/mol. The van der Waals surface area contributed by atoms with Gasteiger partial charge in [0.1, 0.15) is 18.7 Å². The molecule has 0 saturated carbocycles. The van der Waals surface area contributed by atoms with Crippen LogP contribution in [0.1, 0.15) is 56.6 Å². The lowest BCUT2D eigenvalue weighted by Crippen LogP contribution is -2.52. The van der Waals surface area contributed by atoms with Crippen molar-refractivity contribution in [2.75, 3.05) is 13.7 Å². The molecule has 0 heterocycles. The number of likely N-dealkylation sites (N-methyl/N-ethyl adjacent to an activating group) is 1. The first kappa shape index (κ1) is 24.3. The van der Waals surface area contributed by atoms with Gasteiger partial charge in [0.2, 0.25) is 5.91 Å². The predicted octanol–water partition coefficient (Wildman–Crippen LogP) is 4.41. The molecular weight excluding hydrogens is 420 g/mol. The molecule has 0 radical (unpaired) electrons. The number of ether oxygens (including phenoxy) is 1. The van der Waals surface area contributed by atoms with Crippen LogP contribution in [-0.4, -0.2) is 53.7 Å². The van der Waals surface area contributed by atoms with E-state index in [1.165, 1.54) is 11.9 Å². The molecule has 2 N–H and O–H groups in total. The van der Waals surface area contributed by atoms with E-state index < -0.39 is 30.1 Å². The van der Waals surface area contributed by atoms with Gasteiger partial charge in [0.15, 0.2) is 0 Å². The Balaban J connectivity index is 1.69. The minimum atomic E-state index is -1.07. The van der Waals surface area contributed by atoms with Crippen molar-refractivity contribution in [3.8, 4) is 11.1 Å². The number of benzene rings is 2. The number of unbranched alkanes of at least 4 members (excludes halogenated alkanes) is 1. The summed E-state index contributed by atoms with van der Waals surface area (Å²) in [7, 11) is 1.46. The molecule has 0 aromatic heterocycles. The number of fused-ring (bicyclic) bond motifs is 3. The number of amides is 2. The molecule has 176 valence electrons. The van der Waals surface area contributed by atoms with Crippen LogP contribution < -0.4 is 5.32 Å². The lowest BCUT2D eigenvalue weighted by molar-refractivity contribution is -0.150. The quantitative estimate of drug-likeness (QED) is 0.557. The summed E-state index contributed by atoms with van der Waals surface area (Å²) in [6, 6.07) is 14.4. The highest BCUT2D eigenvalue weighted by atomic mass is 16.5. The Kier molecular flexibility index (Phi) is 8.09. The van der Waals surface area contributed by atoms with Crippen LogP contribution in [0.15, 0.2) is 48.5 Å². The lowest BCUT2D eigenvalue weighted by atomic mass is 9.98. The first-order chi connectivity index (χ1) is 15.9. The van der Waals surface area contributed by atoms with E-state index in [2.05, 4.69) is 17.4 Å². The largest absolute Gasteiger partial charge is 0.480 e. The Morgan fingerprint density at radius 3 is 2.12 bits per heavy atom. The first-order valence-corrected chi connectivity index (χ1v) is 11.5. The molecule has 0 spiro atoms. The number of carbonyl (C=O) groups excluding carboxylic acids is 2. The van der Waals surface area contributed by atoms with Crippen LogP contribution in [0.2, 0.25) is 0 Å². The van der Waals surface area contributed by atoms with Gasteiger partial charge < -0.3 is 20.1 Å². The number of carboxylic acids is 1. The standard InChI is InChI=1S/C26H32N2O5/c1-4-6-15-22(24(29)28(3)23(5-2)25(30)31)27-26(32)33-16-21-19-13-9-7-11-17(19)18-12-8-10-14-20(18)21/h7-14,21-23H,4-6,15-16H2,1-3H3,(H,27,32)(H,30,31)/t22-,23?/m0/s1. The van der Waals surface area contributed by atoms with Gasteiger partial charge >= 0.3 is 12.1 Å². The number of nitrogens with zero attached hydrogens (tertiary/aromatic N) is 1. The smallest absolute Gasteiger partial charge is 0.407 e. The van der Waals surface area contributed by atoms with Crippen molar-refractivity contribution in [1.82, 2.24) is 10.2 Å². The van der Waals surface area contributed by atoms with Gasteiger partial charge in [-0.15, -0.1) is 0 Å². The zero-order chi connectivity index (χ0) is 24.0. The van der Waals surface area contributed by atoms with Crippen LogP contribution in [0.5, 0.6) is 0 Å². The molecule has 2 aromatic carbocycles. The van der Waals surface area contributed by atoms with E-state index in [1.807, 2.05) is 43.3 Å². The molecule has 0 fully saturated rings. The molecule has 33 heavy (non-hydrogen) atoms. The molecule has 0 bridgehead atoms. The van der Waals surface area contributed by atoms with Crippen LogP contribution in [-0.2, 0) is 14.3 Å². The highest BCUT2D eigenvalue weighted by Crippen LogP contribution is 2.44. The van der Waals surface area contributed by atoms with Gasteiger partial charge in [-0.25, -0.2) is 9.59 Å². The van der Waals surface area contributed by atoms with E-state index >= 15 is 0 Å². The number of rotatable bonds is 10. The van der Waals surface area contributed by atoms with Crippen LogP contribution in [0.4, 0.5) is 4.79 Å². The Labute approximate surface area is 194 Å². The summed E-state index contributed by atoms with van der Waals surface area (Å²) in [5.41, 5.74) is 4.49.